The van der Waals surface area contributed by atoms with E-state index in [2.05, 4.69) is 10.6 Å². The molecule has 1 amide bonds. The number of aliphatic hydroxyl groups is 1. The van der Waals surface area contributed by atoms with Gasteiger partial charge in [-0.15, -0.1) is 12.4 Å². The number of carbonyl (C=O) groups is 1. The van der Waals surface area contributed by atoms with Crippen molar-refractivity contribution in [2.45, 2.75) is 23.8 Å². The number of benzene rings is 1. The Morgan fingerprint density at radius 1 is 1.25 bits per heavy atom. The third-order valence-electron chi connectivity index (χ3n) is 5.36. The Morgan fingerprint density at radius 2 is 1.89 bits per heavy atom. The van der Waals surface area contributed by atoms with Gasteiger partial charge in [-0.25, -0.2) is 8.42 Å². The second kappa shape index (κ2) is 9.89. The molecule has 0 aliphatic carbocycles. The zero-order valence-corrected chi connectivity index (χ0v) is 17.5. The van der Waals surface area contributed by atoms with E-state index in [0.29, 0.717) is 51.3 Å². The van der Waals surface area contributed by atoms with Gasteiger partial charge in [-0.1, -0.05) is 0 Å². The van der Waals surface area contributed by atoms with Crippen molar-refractivity contribution in [1.29, 1.82) is 0 Å². The highest BCUT2D eigenvalue weighted by atomic mass is 35.5. The number of sulfonamides is 1. The molecule has 0 saturated carbocycles. The Labute approximate surface area is 172 Å². The van der Waals surface area contributed by atoms with E-state index in [-0.39, 0.29) is 35.0 Å². The number of amides is 1. The van der Waals surface area contributed by atoms with Gasteiger partial charge in [-0.3, -0.25) is 4.79 Å². The molecular formula is C18H28ClN3O5S. The van der Waals surface area contributed by atoms with Gasteiger partial charge in [0.25, 0.3) is 0 Å². The number of nitrogens with zero attached hydrogens (tertiary/aromatic N) is 1. The van der Waals surface area contributed by atoms with Crippen LogP contribution in [0.3, 0.4) is 0 Å². The van der Waals surface area contributed by atoms with Gasteiger partial charge < -0.3 is 20.5 Å². The number of β-amino-alcohol motifs (C(OH)–C–C–N with tert-alkyl or cyclic N) is 1. The van der Waals surface area contributed by atoms with Crippen LogP contribution in [0.25, 0.3) is 0 Å². The van der Waals surface area contributed by atoms with Crippen LogP contribution >= 0.6 is 12.4 Å². The van der Waals surface area contributed by atoms with E-state index in [4.69, 9.17) is 4.74 Å². The minimum Gasteiger partial charge on any atom is -0.497 e. The van der Waals surface area contributed by atoms with Crippen LogP contribution in [0.4, 0.5) is 0 Å². The largest absolute Gasteiger partial charge is 0.497 e. The van der Waals surface area contributed by atoms with Crippen molar-refractivity contribution in [2.75, 3.05) is 39.8 Å². The van der Waals surface area contributed by atoms with E-state index in [1.54, 1.807) is 12.1 Å². The number of piperidine rings is 1. The van der Waals surface area contributed by atoms with Crippen LogP contribution < -0.4 is 15.4 Å². The standard InChI is InChI=1S/C18H27N3O5S.ClH/c1-26-15-2-4-16(5-3-15)27(24,25)21-8-6-13(7-9-21)18(23)20-11-14-10-19-12-17(14)22;/h2-5,13-14,17,19,22H,6-12H2,1H3,(H,20,23);1H. The maximum atomic E-state index is 12.7. The summed E-state index contributed by atoms with van der Waals surface area (Å²) in [5, 5.41) is 15.8. The average Bonchev–Trinajstić information content (AvgIpc) is 3.11. The first kappa shape index (κ1) is 22.9. The molecular weight excluding hydrogens is 406 g/mol. The Kier molecular flexibility index (Phi) is 8.08. The molecule has 3 N–H and O–H groups in total. The van der Waals surface area contributed by atoms with Crippen LogP contribution in [-0.4, -0.2) is 69.7 Å². The van der Waals surface area contributed by atoms with Gasteiger partial charge in [0, 0.05) is 44.6 Å². The summed E-state index contributed by atoms with van der Waals surface area (Å²) in [7, 11) is -2.03. The van der Waals surface area contributed by atoms with Gasteiger partial charge in [-0.2, -0.15) is 4.31 Å². The van der Waals surface area contributed by atoms with Gasteiger partial charge >= 0.3 is 0 Å². The van der Waals surface area contributed by atoms with Gasteiger partial charge in [0.15, 0.2) is 0 Å². The fourth-order valence-electron chi connectivity index (χ4n) is 3.56. The van der Waals surface area contributed by atoms with E-state index in [1.165, 1.54) is 23.5 Å². The minimum atomic E-state index is -3.56. The highest BCUT2D eigenvalue weighted by Crippen LogP contribution is 2.25. The molecule has 28 heavy (non-hydrogen) atoms. The van der Waals surface area contributed by atoms with Gasteiger partial charge in [-0.05, 0) is 37.1 Å². The quantitative estimate of drug-likeness (QED) is 0.592. The van der Waals surface area contributed by atoms with Crippen LogP contribution in [0.2, 0.25) is 0 Å². The van der Waals surface area contributed by atoms with E-state index >= 15 is 0 Å². The molecule has 1 aromatic carbocycles. The number of ether oxygens (including phenoxy) is 1. The molecule has 1 aromatic rings. The van der Waals surface area contributed by atoms with Crippen molar-refractivity contribution in [2.24, 2.45) is 11.8 Å². The lowest BCUT2D eigenvalue weighted by Gasteiger charge is -2.30. The third kappa shape index (κ3) is 5.15. The first-order valence-electron chi connectivity index (χ1n) is 9.22. The van der Waals surface area contributed by atoms with Crippen molar-refractivity contribution in [3.8, 4) is 5.75 Å². The summed E-state index contributed by atoms with van der Waals surface area (Å²) in [4.78, 5) is 12.6. The van der Waals surface area contributed by atoms with Crippen molar-refractivity contribution >= 4 is 28.3 Å². The summed E-state index contributed by atoms with van der Waals surface area (Å²) in [6, 6.07) is 6.32. The molecule has 158 valence electrons. The molecule has 2 aliphatic rings. The molecule has 2 atom stereocenters. The molecule has 0 radical (unpaired) electrons. The molecule has 2 heterocycles. The third-order valence-corrected chi connectivity index (χ3v) is 7.28. The monoisotopic (exact) mass is 433 g/mol. The Morgan fingerprint density at radius 3 is 2.43 bits per heavy atom. The fraction of sp³-hybridized carbons (Fsp3) is 0.611. The summed E-state index contributed by atoms with van der Waals surface area (Å²) < 4.78 is 32.0. The summed E-state index contributed by atoms with van der Waals surface area (Å²) in [5.74, 6) is 0.380. The number of methoxy groups -OCH3 is 1. The summed E-state index contributed by atoms with van der Waals surface area (Å²) in [5.41, 5.74) is 0. The highest BCUT2D eigenvalue weighted by Gasteiger charge is 2.33. The smallest absolute Gasteiger partial charge is 0.243 e. The van der Waals surface area contributed by atoms with E-state index < -0.39 is 16.1 Å². The minimum absolute atomic E-state index is 0. The molecule has 2 aliphatic heterocycles. The van der Waals surface area contributed by atoms with E-state index in [1.807, 2.05) is 0 Å². The van der Waals surface area contributed by atoms with E-state index in [9.17, 15) is 18.3 Å². The Hall–Kier alpha value is -1.39. The lowest BCUT2D eigenvalue weighted by Crippen LogP contribution is -2.44. The molecule has 10 heteroatoms. The second-order valence-corrected chi connectivity index (χ2v) is 9.02. The molecule has 2 fully saturated rings. The molecule has 0 aromatic heterocycles. The Balaban J connectivity index is 0.00000280. The van der Waals surface area contributed by atoms with Gasteiger partial charge in [0.05, 0.1) is 18.1 Å². The number of carbonyl (C=O) groups excluding carboxylic acids is 1. The number of rotatable bonds is 6. The second-order valence-electron chi connectivity index (χ2n) is 7.08. The number of hydrogen-bond donors (Lipinski definition) is 3. The summed E-state index contributed by atoms with van der Waals surface area (Å²) in [6.07, 6.45) is 0.557. The van der Waals surface area contributed by atoms with Gasteiger partial charge in [0.1, 0.15) is 5.75 Å². The highest BCUT2D eigenvalue weighted by molar-refractivity contribution is 7.89. The number of nitrogens with one attached hydrogen (secondary N) is 2. The molecule has 8 nitrogen and oxygen atoms in total. The number of halogens is 1. The Bertz CT molecular complexity index is 751. The molecule has 0 spiro atoms. The predicted octanol–water partition coefficient (Wildman–Crippen LogP) is 0.214. The van der Waals surface area contributed by atoms with Crippen molar-refractivity contribution < 1.29 is 23.1 Å². The SMILES string of the molecule is COc1ccc(S(=O)(=O)N2CCC(C(=O)NCC3CNCC3O)CC2)cc1.Cl. The van der Waals surface area contributed by atoms with Crippen LogP contribution in [-0.2, 0) is 14.8 Å². The van der Waals surface area contributed by atoms with Crippen LogP contribution in [0.5, 0.6) is 5.75 Å². The first-order chi connectivity index (χ1) is 12.9. The molecule has 2 saturated heterocycles. The van der Waals surface area contributed by atoms with Crippen LogP contribution in [0.1, 0.15) is 12.8 Å². The topological polar surface area (TPSA) is 108 Å². The molecule has 0 bridgehead atoms. The van der Waals surface area contributed by atoms with Crippen molar-refractivity contribution in [1.82, 2.24) is 14.9 Å². The number of hydrogen-bond acceptors (Lipinski definition) is 6. The predicted molar refractivity (Wildman–Crippen MR) is 107 cm³/mol. The lowest BCUT2D eigenvalue weighted by molar-refractivity contribution is -0.126. The maximum Gasteiger partial charge on any atom is 0.243 e. The van der Waals surface area contributed by atoms with Crippen LogP contribution in [0.15, 0.2) is 29.2 Å². The first-order valence-corrected chi connectivity index (χ1v) is 10.7. The van der Waals surface area contributed by atoms with Gasteiger partial charge in [0.2, 0.25) is 15.9 Å². The van der Waals surface area contributed by atoms with Crippen LogP contribution in [0, 0.1) is 11.8 Å². The fourth-order valence-corrected chi connectivity index (χ4v) is 5.03. The summed E-state index contributed by atoms with van der Waals surface area (Å²) >= 11 is 0. The van der Waals surface area contributed by atoms with Crippen molar-refractivity contribution in [3.63, 3.8) is 0 Å². The average molecular weight is 434 g/mol. The molecule has 2 unspecified atom stereocenters. The number of aliphatic hydroxyl groups excluding tert-OH is 1. The lowest BCUT2D eigenvalue weighted by atomic mass is 9.97. The maximum absolute atomic E-state index is 12.7. The van der Waals surface area contributed by atoms with E-state index in [0.717, 1.165) is 0 Å². The summed E-state index contributed by atoms with van der Waals surface area (Å²) in [6.45, 7) is 2.33. The van der Waals surface area contributed by atoms with Crippen molar-refractivity contribution in [3.05, 3.63) is 24.3 Å². The zero-order valence-electron chi connectivity index (χ0n) is 15.8. The molecule has 3 rings (SSSR count). The zero-order chi connectivity index (χ0) is 19.4. The normalized spacial score (nSPS) is 23.8.